The number of hydrogen-bond acceptors (Lipinski definition) is 11. The van der Waals surface area contributed by atoms with E-state index < -0.39 is 65.0 Å². The van der Waals surface area contributed by atoms with Crippen LogP contribution in [0.4, 0.5) is 5.69 Å². The van der Waals surface area contributed by atoms with Crippen molar-refractivity contribution in [1.82, 2.24) is 5.32 Å². The molecule has 3 rings (SSSR count). The number of carbonyl (C=O) groups excluding carboxylic acids is 5. The lowest BCUT2D eigenvalue weighted by Gasteiger charge is -2.44. The summed E-state index contributed by atoms with van der Waals surface area (Å²) in [5, 5.41) is 22.9. The van der Waals surface area contributed by atoms with Crippen LogP contribution >= 0.6 is 0 Å². The number of rotatable bonds is 20. The summed E-state index contributed by atoms with van der Waals surface area (Å²) < 4.78 is 29.7. The van der Waals surface area contributed by atoms with Crippen LogP contribution < -0.4 is 16.4 Å². The zero-order valence-electron chi connectivity index (χ0n) is 34.4. The average molecular weight is 757 g/mol. The minimum atomic E-state index is -2.94. The monoisotopic (exact) mass is 756 g/mol. The van der Waals surface area contributed by atoms with Gasteiger partial charge in [-0.05, 0) is 81.8 Å². The molecule has 12 nitrogen and oxygen atoms in total. The van der Waals surface area contributed by atoms with Gasteiger partial charge in [0.2, 0.25) is 5.91 Å². The lowest BCUT2D eigenvalue weighted by atomic mass is 9.67. The molecule has 3 aromatic carbocycles. The number of hydrogen-bond donors (Lipinski definition) is 4. The van der Waals surface area contributed by atoms with E-state index in [2.05, 4.69) is 5.32 Å². The summed E-state index contributed by atoms with van der Waals surface area (Å²) >= 11 is 0. The van der Waals surface area contributed by atoms with Gasteiger partial charge in [-0.1, -0.05) is 81.6 Å². The van der Waals surface area contributed by atoms with Gasteiger partial charge < -0.3 is 35.7 Å². The number of ether oxygens (including phenoxy) is 2. The van der Waals surface area contributed by atoms with Crippen LogP contribution in [0.2, 0.25) is 1.41 Å². The lowest BCUT2D eigenvalue weighted by molar-refractivity contribution is -0.168. The van der Waals surface area contributed by atoms with Crippen molar-refractivity contribution in [2.75, 3.05) is 5.31 Å². The first kappa shape index (κ1) is 40.6. The van der Waals surface area contributed by atoms with Crippen LogP contribution in [0.5, 0.6) is 5.75 Å². The van der Waals surface area contributed by atoms with Crippen LogP contribution in [0.3, 0.4) is 0 Å². The van der Waals surface area contributed by atoms with Crippen LogP contribution in [0.15, 0.2) is 78.9 Å². The maximum Gasteiger partial charge on any atom is 0.328 e. The van der Waals surface area contributed by atoms with Gasteiger partial charge in [0, 0.05) is 17.7 Å². The van der Waals surface area contributed by atoms with Crippen molar-refractivity contribution in [3.8, 4) is 11.8 Å². The molecule has 0 bridgehead atoms. The van der Waals surface area contributed by atoms with Crippen LogP contribution in [-0.2, 0) is 46.5 Å². The number of anilines is 1. The van der Waals surface area contributed by atoms with Crippen LogP contribution in [0.25, 0.3) is 0 Å². The molecular formula is C43H54N4O8. The quantitative estimate of drug-likeness (QED) is 0.0618. The van der Waals surface area contributed by atoms with Crippen molar-refractivity contribution in [2.45, 2.75) is 103 Å². The number of aldehydes is 1. The molecule has 0 aliphatic carbocycles. The third kappa shape index (κ3) is 12.5. The lowest BCUT2D eigenvalue weighted by Crippen LogP contribution is -2.69. The van der Waals surface area contributed by atoms with E-state index in [1.54, 1.807) is 49.4 Å². The van der Waals surface area contributed by atoms with Gasteiger partial charge in [-0.15, -0.1) is 0 Å². The van der Waals surface area contributed by atoms with E-state index in [9.17, 15) is 26.2 Å². The first-order chi connectivity index (χ1) is 26.8. The van der Waals surface area contributed by atoms with Crippen molar-refractivity contribution < 1.29 is 41.3 Å². The number of nitrogens with zero attached hydrogens (tertiary/aromatic N) is 1. The van der Waals surface area contributed by atoms with Gasteiger partial charge in [-0.25, -0.2) is 4.79 Å². The molecule has 6 atom stereocenters. The number of phenols is 1. The van der Waals surface area contributed by atoms with E-state index in [0.29, 0.717) is 34.8 Å². The van der Waals surface area contributed by atoms with Gasteiger partial charge in [0.05, 0.1) is 17.7 Å². The number of unbranched alkanes of at least 4 members (excludes halogenated alkanes) is 1. The fourth-order valence-electron chi connectivity index (χ4n) is 6.23. The molecule has 12 heteroatoms. The van der Waals surface area contributed by atoms with Crippen molar-refractivity contribution in [1.29, 1.82) is 5.26 Å². The van der Waals surface area contributed by atoms with E-state index in [4.69, 9.17) is 16.6 Å². The first-order valence-electron chi connectivity index (χ1n) is 19.4. The summed E-state index contributed by atoms with van der Waals surface area (Å²) in [7, 11) is 0. The van der Waals surface area contributed by atoms with E-state index >= 15 is 9.59 Å². The minimum absolute atomic E-state index is 0.148. The van der Waals surface area contributed by atoms with Gasteiger partial charge in [0.25, 0.3) is 0 Å². The molecule has 3 aromatic rings. The predicted octanol–water partition coefficient (Wildman–Crippen LogP) is 5.79. The Morgan fingerprint density at radius 2 is 1.67 bits per heavy atom. The summed E-state index contributed by atoms with van der Waals surface area (Å²) in [6.07, 6.45) is 0.231. The minimum Gasteiger partial charge on any atom is -0.508 e. The Bertz CT molecular complexity index is 1900. The maximum atomic E-state index is 15.4. The summed E-state index contributed by atoms with van der Waals surface area (Å²) in [5.74, 6) is -9.54. The highest BCUT2D eigenvalue weighted by Crippen LogP contribution is 2.39. The third-order valence-electron chi connectivity index (χ3n) is 9.07. The highest BCUT2D eigenvalue weighted by molar-refractivity contribution is 6.11. The van der Waals surface area contributed by atoms with E-state index in [1.165, 1.54) is 58.0 Å². The normalized spacial score (nSPS) is 15.6. The number of ketones is 1. The largest absolute Gasteiger partial charge is 0.508 e. The predicted molar refractivity (Wildman–Crippen MR) is 208 cm³/mol. The first-order valence-corrected chi connectivity index (χ1v) is 18.5. The number of nitrogens with one attached hydrogen (secondary N) is 2. The zero-order valence-corrected chi connectivity index (χ0v) is 32.4. The summed E-state index contributed by atoms with van der Waals surface area (Å²) in [4.78, 5) is 72.4. The van der Waals surface area contributed by atoms with Crippen molar-refractivity contribution >= 4 is 35.6 Å². The SMILES string of the molecule is [2H]C(=O)C(C[C@@H](C)CCCC)[C@@](C(=O)N[C@@H](C)C(=O)OCc1ccccc1)([C@H](C(=O)OC(C)(C)C)C(=O)[C@H](N)Cc1ccc(C#N)cc1)N([2H])c1cccc(O)c1. The Balaban J connectivity index is 2.37. The highest BCUT2D eigenvalue weighted by Gasteiger charge is 2.60. The number of amides is 1. The number of esters is 2. The number of benzene rings is 3. The van der Waals surface area contributed by atoms with Gasteiger partial charge >= 0.3 is 11.9 Å². The van der Waals surface area contributed by atoms with Crippen molar-refractivity contribution in [3.05, 3.63) is 95.6 Å². The highest BCUT2D eigenvalue weighted by atomic mass is 16.6. The smallest absolute Gasteiger partial charge is 0.328 e. The molecule has 0 aromatic heterocycles. The number of phenolic OH excluding ortho intramolecular Hbond substituents is 1. The van der Waals surface area contributed by atoms with Crippen LogP contribution in [-0.4, -0.2) is 58.2 Å². The fraction of sp³-hybridized carbons (Fsp3) is 0.442. The number of carbonyl (C=O) groups is 5. The zero-order chi connectivity index (χ0) is 42.5. The molecule has 294 valence electrons. The molecule has 0 aliphatic heterocycles. The second-order valence-electron chi connectivity index (χ2n) is 14.9. The van der Waals surface area contributed by atoms with Crippen LogP contribution in [0, 0.1) is 29.1 Å². The molecule has 55 heavy (non-hydrogen) atoms. The van der Waals surface area contributed by atoms with E-state index in [-0.39, 0.29) is 36.8 Å². The molecule has 0 saturated heterocycles. The standard InChI is InChI=1S/C43H54N4O8/c1-7-8-13-28(2)22-33(26-48)43(47-34-16-12-17-35(49)24-34,41(53)46-29(3)39(51)54-27-32-14-10-9-11-15-32)37(40(52)55-42(4,5)6)38(50)36(45)23-30-18-20-31(25-44)21-19-30/h9-12,14-21,24,26,28-29,33,36-37,47,49H,7-8,13,22-23,27,45H2,1-6H3,(H,46,53)/t28-,29-,33?,36+,37-,43-/m0/s1/i26D/hD. The third-order valence-corrected chi connectivity index (χ3v) is 9.07. The second kappa shape index (κ2) is 20.2. The molecule has 5 N–H and O–H groups in total. The van der Waals surface area contributed by atoms with E-state index in [1.807, 2.05) is 13.0 Å². The van der Waals surface area contributed by atoms with Crippen LogP contribution in [0.1, 0.15) is 85.3 Å². The molecule has 1 unspecified atom stereocenters. The summed E-state index contributed by atoms with van der Waals surface area (Å²) in [6.45, 7) is 9.51. The average Bonchev–Trinajstić information content (AvgIpc) is 3.16. The number of nitriles is 1. The Morgan fingerprint density at radius 1 is 1.00 bits per heavy atom. The second-order valence-corrected chi connectivity index (χ2v) is 14.9. The van der Waals surface area contributed by atoms with Gasteiger partial charge in [-0.2, -0.15) is 5.26 Å². The molecule has 0 fully saturated rings. The molecule has 0 spiro atoms. The molecule has 0 heterocycles. The Morgan fingerprint density at radius 3 is 2.25 bits per heavy atom. The Labute approximate surface area is 326 Å². The molecule has 0 aliphatic rings. The van der Waals surface area contributed by atoms with Gasteiger partial charge in [0.1, 0.15) is 43.1 Å². The van der Waals surface area contributed by atoms with Gasteiger partial charge in [-0.3, -0.25) is 14.4 Å². The van der Waals surface area contributed by atoms with Gasteiger partial charge in [0.15, 0.2) is 7.20 Å². The number of Topliss-reactive ketones (excluding diaryl/α,β-unsaturated/α-hetero) is 1. The molecule has 1 amide bonds. The summed E-state index contributed by atoms with van der Waals surface area (Å²) in [5.41, 5.74) is 3.67. The Kier molecular flexibility index (Phi) is 14.9. The van der Waals surface area contributed by atoms with Crippen molar-refractivity contribution in [2.24, 2.45) is 23.5 Å². The molecule has 0 saturated carbocycles. The topological polar surface area (TPSA) is 198 Å². The fourth-order valence-corrected chi connectivity index (χ4v) is 6.23. The summed E-state index contributed by atoms with van der Waals surface area (Å²) in [6, 6.07) is 19.1. The number of aromatic hydroxyl groups is 1. The number of nitrogens with two attached hydrogens (primary N) is 1. The van der Waals surface area contributed by atoms with E-state index in [0.717, 1.165) is 12.5 Å². The molecular weight excluding hydrogens is 700 g/mol. The Hall–Kier alpha value is -5.54. The maximum absolute atomic E-state index is 15.4. The van der Waals surface area contributed by atoms with Crippen molar-refractivity contribution in [3.63, 3.8) is 0 Å². The molecule has 0 radical (unpaired) electrons.